The summed E-state index contributed by atoms with van der Waals surface area (Å²) in [6, 6.07) is 14.2. The van der Waals surface area contributed by atoms with E-state index in [-0.39, 0.29) is 10.7 Å². The van der Waals surface area contributed by atoms with Crippen LogP contribution < -0.4 is 0 Å². The molecule has 0 unspecified atom stereocenters. The maximum atomic E-state index is 11.9. The van der Waals surface area contributed by atoms with Crippen LogP contribution in [0.1, 0.15) is 15.9 Å². The SMILES string of the molecule is O=C(/C=C/c1ccccc1)c1ccc(S(=O)(=O)[O-])cc1. The van der Waals surface area contributed by atoms with E-state index in [0.717, 1.165) is 17.7 Å². The van der Waals surface area contributed by atoms with Crippen LogP contribution in [0.2, 0.25) is 0 Å². The highest BCUT2D eigenvalue weighted by atomic mass is 32.2. The van der Waals surface area contributed by atoms with Gasteiger partial charge in [0, 0.05) is 5.56 Å². The van der Waals surface area contributed by atoms with Crippen LogP contribution in [0.3, 0.4) is 0 Å². The van der Waals surface area contributed by atoms with Crippen LogP contribution in [0.25, 0.3) is 6.08 Å². The number of carbonyl (C=O) groups excluding carboxylic acids is 1. The highest BCUT2D eigenvalue weighted by Crippen LogP contribution is 2.11. The van der Waals surface area contributed by atoms with Gasteiger partial charge in [-0.2, -0.15) is 0 Å². The minimum absolute atomic E-state index is 0.260. The molecule has 0 spiro atoms. The van der Waals surface area contributed by atoms with E-state index in [0.29, 0.717) is 5.56 Å². The maximum Gasteiger partial charge on any atom is 0.185 e. The van der Waals surface area contributed by atoms with Crippen molar-refractivity contribution in [2.45, 2.75) is 4.90 Å². The predicted molar refractivity (Wildman–Crippen MR) is 74.2 cm³/mol. The summed E-state index contributed by atoms with van der Waals surface area (Å²) in [5.41, 5.74) is 1.21. The molecular weight excluding hydrogens is 276 g/mol. The molecule has 0 heterocycles. The van der Waals surface area contributed by atoms with Gasteiger partial charge in [0.1, 0.15) is 10.1 Å². The molecule has 0 atom stereocenters. The van der Waals surface area contributed by atoms with Crippen molar-refractivity contribution in [3.8, 4) is 0 Å². The number of benzene rings is 2. The van der Waals surface area contributed by atoms with Crippen LogP contribution in [0.5, 0.6) is 0 Å². The molecule has 2 aromatic carbocycles. The maximum absolute atomic E-state index is 11.9. The molecule has 0 aliphatic carbocycles. The zero-order chi connectivity index (χ0) is 14.6. The Labute approximate surface area is 117 Å². The number of hydrogen-bond donors (Lipinski definition) is 0. The standard InChI is InChI=1S/C15H12O4S/c16-15(11-6-12-4-2-1-3-5-12)13-7-9-14(10-8-13)20(17,18)19/h1-11H,(H,17,18,19)/p-1/b11-6+. The van der Waals surface area contributed by atoms with Gasteiger partial charge in [-0.25, -0.2) is 8.42 Å². The lowest BCUT2D eigenvalue weighted by molar-refractivity contribution is 0.104. The van der Waals surface area contributed by atoms with E-state index in [2.05, 4.69) is 0 Å². The topological polar surface area (TPSA) is 74.3 Å². The first-order valence-corrected chi connectivity index (χ1v) is 7.21. The molecule has 0 saturated carbocycles. The molecule has 0 fully saturated rings. The highest BCUT2D eigenvalue weighted by molar-refractivity contribution is 7.85. The van der Waals surface area contributed by atoms with Gasteiger partial charge in [0.15, 0.2) is 5.78 Å². The number of allylic oxidation sites excluding steroid dienone is 1. The van der Waals surface area contributed by atoms with Crippen LogP contribution in [-0.4, -0.2) is 18.8 Å². The van der Waals surface area contributed by atoms with Crippen molar-refractivity contribution in [2.24, 2.45) is 0 Å². The third kappa shape index (κ3) is 3.63. The minimum atomic E-state index is -4.48. The molecule has 4 nitrogen and oxygen atoms in total. The van der Waals surface area contributed by atoms with E-state index >= 15 is 0 Å². The summed E-state index contributed by atoms with van der Waals surface area (Å²) < 4.78 is 32.3. The van der Waals surface area contributed by atoms with Gasteiger partial charge in [-0.05, 0) is 35.9 Å². The molecule has 0 saturated heterocycles. The second-order valence-electron chi connectivity index (χ2n) is 4.09. The molecule has 0 N–H and O–H groups in total. The van der Waals surface area contributed by atoms with Gasteiger partial charge in [-0.1, -0.05) is 36.4 Å². The average molecular weight is 287 g/mol. The Morgan fingerprint density at radius 1 is 0.950 bits per heavy atom. The van der Waals surface area contributed by atoms with Crippen molar-refractivity contribution in [2.75, 3.05) is 0 Å². The third-order valence-corrected chi connectivity index (χ3v) is 3.50. The van der Waals surface area contributed by atoms with Gasteiger partial charge in [0.25, 0.3) is 0 Å². The lowest BCUT2D eigenvalue weighted by Gasteiger charge is -2.06. The summed E-state index contributed by atoms with van der Waals surface area (Å²) in [4.78, 5) is 11.5. The van der Waals surface area contributed by atoms with Crippen molar-refractivity contribution in [3.63, 3.8) is 0 Å². The fourth-order valence-corrected chi connectivity index (χ4v) is 2.09. The van der Waals surface area contributed by atoms with Gasteiger partial charge in [0.05, 0.1) is 4.90 Å². The summed E-state index contributed by atoms with van der Waals surface area (Å²) in [6.07, 6.45) is 3.07. The number of ketones is 1. The Bertz CT molecular complexity index is 729. The Kier molecular flexibility index (Phi) is 4.12. The first-order valence-electron chi connectivity index (χ1n) is 5.80. The van der Waals surface area contributed by atoms with E-state index in [1.165, 1.54) is 18.2 Å². The van der Waals surface area contributed by atoms with Crippen molar-refractivity contribution in [1.29, 1.82) is 0 Å². The summed E-state index contributed by atoms with van der Waals surface area (Å²) in [5, 5.41) is 0. The normalized spacial score (nSPS) is 11.7. The first kappa shape index (κ1) is 14.2. The van der Waals surface area contributed by atoms with Crippen LogP contribution in [0, 0.1) is 0 Å². The van der Waals surface area contributed by atoms with Gasteiger partial charge in [-0.15, -0.1) is 0 Å². The number of hydrogen-bond acceptors (Lipinski definition) is 4. The molecule has 0 amide bonds. The molecule has 102 valence electrons. The van der Waals surface area contributed by atoms with Crippen LogP contribution >= 0.6 is 0 Å². The lowest BCUT2D eigenvalue weighted by Crippen LogP contribution is -2.00. The summed E-state index contributed by atoms with van der Waals surface area (Å²) in [6.45, 7) is 0. The van der Waals surface area contributed by atoms with E-state index < -0.39 is 10.1 Å². The molecule has 5 heteroatoms. The van der Waals surface area contributed by atoms with Gasteiger partial charge >= 0.3 is 0 Å². The van der Waals surface area contributed by atoms with Crippen molar-refractivity contribution in [1.82, 2.24) is 0 Å². The number of carbonyl (C=O) groups is 1. The highest BCUT2D eigenvalue weighted by Gasteiger charge is 2.04. The molecule has 0 bridgehead atoms. The van der Waals surface area contributed by atoms with E-state index in [4.69, 9.17) is 0 Å². The zero-order valence-electron chi connectivity index (χ0n) is 10.4. The molecule has 20 heavy (non-hydrogen) atoms. The Morgan fingerprint density at radius 2 is 1.55 bits per heavy atom. The Morgan fingerprint density at radius 3 is 2.10 bits per heavy atom. The first-order chi connectivity index (χ1) is 9.47. The summed E-state index contributed by atoms with van der Waals surface area (Å²) >= 11 is 0. The van der Waals surface area contributed by atoms with E-state index in [9.17, 15) is 17.8 Å². The van der Waals surface area contributed by atoms with Crippen LogP contribution in [-0.2, 0) is 10.1 Å². The van der Waals surface area contributed by atoms with E-state index in [1.807, 2.05) is 30.3 Å². The fourth-order valence-electron chi connectivity index (χ4n) is 1.62. The molecule has 2 aromatic rings. The van der Waals surface area contributed by atoms with Gasteiger partial charge < -0.3 is 4.55 Å². The largest absolute Gasteiger partial charge is 0.744 e. The van der Waals surface area contributed by atoms with Gasteiger partial charge in [-0.3, -0.25) is 4.79 Å². The number of rotatable bonds is 4. The molecular formula is C15H11O4S-. The summed E-state index contributed by atoms with van der Waals surface area (Å²) in [5.74, 6) is -0.260. The van der Waals surface area contributed by atoms with Crippen molar-refractivity contribution >= 4 is 22.0 Å². The molecule has 0 aliphatic rings. The van der Waals surface area contributed by atoms with Gasteiger partial charge in [0.2, 0.25) is 0 Å². The lowest BCUT2D eigenvalue weighted by atomic mass is 10.1. The van der Waals surface area contributed by atoms with E-state index in [1.54, 1.807) is 6.08 Å². The Hall–Kier alpha value is -2.24. The molecule has 2 rings (SSSR count). The van der Waals surface area contributed by atoms with Crippen molar-refractivity contribution < 1.29 is 17.8 Å². The quantitative estimate of drug-likeness (QED) is 0.492. The smallest absolute Gasteiger partial charge is 0.185 e. The monoisotopic (exact) mass is 287 g/mol. The molecule has 0 aliphatic heterocycles. The average Bonchev–Trinajstić information content (AvgIpc) is 2.45. The van der Waals surface area contributed by atoms with Crippen LogP contribution in [0.4, 0.5) is 0 Å². The molecule has 0 aromatic heterocycles. The second-order valence-corrected chi connectivity index (χ2v) is 5.47. The predicted octanol–water partition coefficient (Wildman–Crippen LogP) is 2.49. The fraction of sp³-hybridized carbons (Fsp3) is 0. The minimum Gasteiger partial charge on any atom is -0.744 e. The summed E-state index contributed by atoms with van der Waals surface area (Å²) in [7, 11) is -4.48. The van der Waals surface area contributed by atoms with Crippen molar-refractivity contribution in [3.05, 3.63) is 71.8 Å². The van der Waals surface area contributed by atoms with Crippen LogP contribution in [0.15, 0.2) is 65.6 Å². The second kappa shape index (κ2) is 5.81. The Balaban J connectivity index is 2.16. The zero-order valence-corrected chi connectivity index (χ0v) is 11.2. The third-order valence-electron chi connectivity index (χ3n) is 2.65. The molecule has 0 radical (unpaired) electrons.